The first kappa shape index (κ1) is 15.4. The van der Waals surface area contributed by atoms with Gasteiger partial charge in [0, 0.05) is 29.8 Å². The summed E-state index contributed by atoms with van der Waals surface area (Å²) in [6.07, 6.45) is 7.89. The molecule has 0 spiro atoms. The van der Waals surface area contributed by atoms with Gasteiger partial charge in [-0.15, -0.1) is 0 Å². The number of carbonyl (C=O) groups excluding carboxylic acids is 1. The highest BCUT2D eigenvalue weighted by Gasteiger charge is 2.24. The fourth-order valence-electron chi connectivity index (χ4n) is 3.04. The first-order chi connectivity index (χ1) is 12.3. The third-order valence-corrected chi connectivity index (χ3v) is 4.28. The van der Waals surface area contributed by atoms with Crippen LogP contribution in [0.3, 0.4) is 0 Å². The lowest BCUT2D eigenvalue weighted by atomic mass is 9.92. The van der Waals surface area contributed by atoms with Crippen molar-refractivity contribution in [3.05, 3.63) is 71.9 Å². The quantitative estimate of drug-likeness (QED) is 0.798. The molecule has 0 bridgehead atoms. The smallest absolute Gasteiger partial charge is 0.270 e. The van der Waals surface area contributed by atoms with Gasteiger partial charge in [-0.2, -0.15) is 0 Å². The Balaban J connectivity index is 1.59. The molecule has 1 N–H and O–H groups in total. The van der Waals surface area contributed by atoms with Gasteiger partial charge in [0.1, 0.15) is 11.4 Å². The molecule has 3 heterocycles. The summed E-state index contributed by atoms with van der Waals surface area (Å²) >= 11 is 0. The molecule has 1 amide bonds. The summed E-state index contributed by atoms with van der Waals surface area (Å²) in [6, 6.07) is 10.9. The van der Waals surface area contributed by atoms with Crippen molar-refractivity contribution in [2.45, 2.75) is 25.3 Å². The standard InChI is InChI=1S/C19H17N5O/c25-19(17-7-2-4-11-21-17)24-15-9-5-8-14-13(15)12-22-18(23-14)16-6-1-3-10-20-16/h1-4,6-7,10-12,15H,5,8-9H2,(H,24,25)/t15-/m1/s1. The van der Waals surface area contributed by atoms with Crippen LogP contribution in [-0.2, 0) is 6.42 Å². The number of nitrogens with one attached hydrogen (secondary N) is 1. The molecular formula is C19H17N5O. The second kappa shape index (κ2) is 6.76. The number of fused-ring (bicyclic) bond motifs is 1. The lowest BCUT2D eigenvalue weighted by molar-refractivity contribution is 0.0927. The first-order valence-corrected chi connectivity index (χ1v) is 8.30. The van der Waals surface area contributed by atoms with Crippen LogP contribution in [0.25, 0.3) is 11.5 Å². The van der Waals surface area contributed by atoms with E-state index in [1.165, 1.54) is 0 Å². The minimum Gasteiger partial charge on any atom is -0.344 e. The summed E-state index contributed by atoms with van der Waals surface area (Å²) in [5, 5.41) is 3.05. The number of nitrogens with zero attached hydrogens (tertiary/aromatic N) is 4. The van der Waals surface area contributed by atoms with E-state index >= 15 is 0 Å². The third-order valence-electron chi connectivity index (χ3n) is 4.28. The molecular weight excluding hydrogens is 314 g/mol. The molecule has 3 aromatic rings. The zero-order valence-electron chi connectivity index (χ0n) is 13.6. The molecule has 1 atom stereocenters. The molecule has 3 aromatic heterocycles. The van der Waals surface area contributed by atoms with Gasteiger partial charge in [-0.1, -0.05) is 12.1 Å². The lowest BCUT2D eigenvalue weighted by Gasteiger charge is -2.25. The number of amides is 1. The van der Waals surface area contributed by atoms with Crippen LogP contribution in [0.2, 0.25) is 0 Å². The maximum absolute atomic E-state index is 12.4. The molecule has 6 nitrogen and oxygen atoms in total. The van der Waals surface area contributed by atoms with Crippen LogP contribution < -0.4 is 5.32 Å². The van der Waals surface area contributed by atoms with Gasteiger partial charge < -0.3 is 5.32 Å². The van der Waals surface area contributed by atoms with Crippen molar-refractivity contribution in [3.63, 3.8) is 0 Å². The minimum absolute atomic E-state index is 0.0870. The van der Waals surface area contributed by atoms with E-state index in [1.54, 1.807) is 30.6 Å². The van der Waals surface area contributed by atoms with Gasteiger partial charge in [0.25, 0.3) is 5.91 Å². The molecule has 25 heavy (non-hydrogen) atoms. The van der Waals surface area contributed by atoms with Crippen LogP contribution in [0.4, 0.5) is 0 Å². The summed E-state index contributed by atoms with van der Waals surface area (Å²) in [7, 11) is 0. The molecule has 0 aliphatic heterocycles. The maximum Gasteiger partial charge on any atom is 0.270 e. The van der Waals surface area contributed by atoms with Crippen molar-refractivity contribution in [2.24, 2.45) is 0 Å². The highest BCUT2D eigenvalue weighted by Crippen LogP contribution is 2.29. The van der Waals surface area contributed by atoms with Gasteiger partial charge in [0.15, 0.2) is 5.82 Å². The Hall–Kier alpha value is -3.15. The van der Waals surface area contributed by atoms with Crippen LogP contribution in [0.15, 0.2) is 55.0 Å². The number of hydrogen-bond donors (Lipinski definition) is 1. The Morgan fingerprint density at radius 2 is 1.88 bits per heavy atom. The van der Waals surface area contributed by atoms with E-state index in [4.69, 9.17) is 0 Å². The predicted octanol–water partition coefficient (Wildman–Crippen LogP) is 2.74. The van der Waals surface area contributed by atoms with Crippen LogP contribution >= 0.6 is 0 Å². The normalized spacial score (nSPS) is 16.1. The zero-order valence-corrected chi connectivity index (χ0v) is 13.6. The first-order valence-electron chi connectivity index (χ1n) is 8.30. The summed E-state index contributed by atoms with van der Waals surface area (Å²) < 4.78 is 0. The Morgan fingerprint density at radius 1 is 1.04 bits per heavy atom. The molecule has 0 fully saturated rings. The predicted molar refractivity (Wildman–Crippen MR) is 92.6 cm³/mol. The number of aryl methyl sites for hydroxylation is 1. The summed E-state index contributed by atoms with van der Waals surface area (Å²) in [5.41, 5.74) is 3.13. The Labute approximate surface area is 145 Å². The average molecular weight is 331 g/mol. The van der Waals surface area contributed by atoms with Crippen molar-refractivity contribution in [2.75, 3.05) is 0 Å². The number of rotatable bonds is 3. The van der Waals surface area contributed by atoms with Gasteiger partial charge in [0.2, 0.25) is 0 Å². The van der Waals surface area contributed by atoms with Crippen LogP contribution in [0.5, 0.6) is 0 Å². The zero-order chi connectivity index (χ0) is 17.1. The van der Waals surface area contributed by atoms with E-state index in [0.29, 0.717) is 11.5 Å². The second-order valence-corrected chi connectivity index (χ2v) is 5.94. The van der Waals surface area contributed by atoms with Crippen molar-refractivity contribution >= 4 is 5.91 Å². The highest BCUT2D eigenvalue weighted by molar-refractivity contribution is 5.92. The molecule has 0 aromatic carbocycles. The van der Waals surface area contributed by atoms with E-state index < -0.39 is 0 Å². The van der Waals surface area contributed by atoms with Crippen LogP contribution in [0, 0.1) is 0 Å². The van der Waals surface area contributed by atoms with Gasteiger partial charge in [-0.25, -0.2) is 9.97 Å². The number of aromatic nitrogens is 4. The van der Waals surface area contributed by atoms with E-state index in [2.05, 4.69) is 25.3 Å². The molecule has 6 heteroatoms. The summed E-state index contributed by atoms with van der Waals surface area (Å²) in [5.74, 6) is 0.448. The highest BCUT2D eigenvalue weighted by atomic mass is 16.1. The van der Waals surface area contributed by atoms with E-state index in [0.717, 1.165) is 36.2 Å². The summed E-state index contributed by atoms with van der Waals surface area (Å²) in [4.78, 5) is 29.9. The Morgan fingerprint density at radius 3 is 2.64 bits per heavy atom. The Bertz CT molecular complexity index is 883. The van der Waals surface area contributed by atoms with E-state index in [1.807, 2.05) is 24.4 Å². The SMILES string of the molecule is O=C(N[C@@H]1CCCc2nc(-c3ccccn3)ncc21)c1ccccn1. The monoisotopic (exact) mass is 331 g/mol. The van der Waals surface area contributed by atoms with Crippen LogP contribution in [0.1, 0.15) is 40.6 Å². The van der Waals surface area contributed by atoms with Gasteiger partial charge in [0.05, 0.1) is 6.04 Å². The van der Waals surface area contributed by atoms with E-state index in [-0.39, 0.29) is 11.9 Å². The number of pyridine rings is 2. The lowest BCUT2D eigenvalue weighted by Crippen LogP contribution is -2.32. The van der Waals surface area contributed by atoms with Gasteiger partial charge in [-0.05, 0) is 43.5 Å². The molecule has 0 saturated heterocycles. The average Bonchev–Trinajstić information content (AvgIpc) is 2.69. The van der Waals surface area contributed by atoms with Crippen LogP contribution in [-0.4, -0.2) is 25.8 Å². The molecule has 1 aliphatic carbocycles. The number of carbonyl (C=O) groups is 1. The maximum atomic E-state index is 12.4. The fraction of sp³-hybridized carbons (Fsp3) is 0.211. The van der Waals surface area contributed by atoms with Crippen molar-refractivity contribution < 1.29 is 4.79 Å². The second-order valence-electron chi connectivity index (χ2n) is 5.94. The molecule has 0 radical (unpaired) electrons. The molecule has 1 aliphatic rings. The van der Waals surface area contributed by atoms with Crippen molar-refractivity contribution in [1.82, 2.24) is 25.3 Å². The van der Waals surface area contributed by atoms with Crippen molar-refractivity contribution in [1.29, 1.82) is 0 Å². The molecule has 0 unspecified atom stereocenters. The molecule has 4 rings (SSSR count). The fourth-order valence-corrected chi connectivity index (χ4v) is 3.04. The molecule has 124 valence electrons. The molecule has 0 saturated carbocycles. The third kappa shape index (κ3) is 3.24. The van der Waals surface area contributed by atoms with Crippen molar-refractivity contribution in [3.8, 4) is 11.5 Å². The number of hydrogen-bond acceptors (Lipinski definition) is 5. The minimum atomic E-state index is -0.174. The van der Waals surface area contributed by atoms with E-state index in [9.17, 15) is 4.79 Å². The largest absolute Gasteiger partial charge is 0.344 e. The summed E-state index contributed by atoms with van der Waals surface area (Å²) in [6.45, 7) is 0. The van der Waals surface area contributed by atoms with Gasteiger partial charge >= 0.3 is 0 Å². The topological polar surface area (TPSA) is 80.7 Å². The Kier molecular flexibility index (Phi) is 4.16. The van der Waals surface area contributed by atoms with Gasteiger partial charge in [-0.3, -0.25) is 14.8 Å².